The van der Waals surface area contributed by atoms with Crippen LogP contribution in [0.15, 0.2) is 11.1 Å². The van der Waals surface area contributed by atoms with Gasteiger partial charge in [-0.25, -0.2) is 0 Å². The Morgan fingerprint density at radius 1 is 0.960 bits per heavy atom. The molecule has 4 heteroatoms. The van der Waals surface area contributed by atoms with E-state index < -0.39 is 13.7 Å². The van der Waals surface area contributed by atoms with E-state index in [1.165, 1.54) is 11.1 Å². The smallest absolute Gasteiger partial charge is 0.200 e. The van der Waals surface area contributed by atoms with Crippen LogP contribution in [0.5, 0.6) is 0 Å². The standard InChI is InChI=1S/C21H38O3Si/c1-15(2)25(16(3)4,17(5)6)24-14-21(13-22)19-11-7-9-18(19)10-8-12-20(21)23/h15-17,22H,7-14H2,1-6H3. The monoisotopic (exact) mass is 366 g/mol. The lowest BCUT2D eigenvalue weighted by Crippen LogP contribution is -2.52. The minimum atomic E-state index is -2.05. The third-order valence-electron chi connectivity index (χ3n) is 6.87. The summed E-state index contributed by atoms with van der Waals surface area (Å²) in [5.41, 5.74) is 3.37. The van der Waals surface area contributed by atoms with Crippen molar-refractivity contribution >= 4 is 14.1 Å². The van der Waals surface area contributed by atoms with Crippen molar-refractivity contribution in [2.75, 3.05) is 13.2 Å². The Morgan fingerprint density at radius 2 is 1.48 bits per heavy atom. The fourth-order valence-electron chi connectivity index (χ4n) is 5.67. The third kappa shape index (κ3) is 3.54. The van der Waals surface area contributed by atoms with Crippen LogP contribution in [0.3, 0.4) is 0 Å². The molecule has 0 aliphatic heterocycles. The predicted octanol–water partition coefficient (Wildman–Crippen LogP) is 5.39. The fraction of sp³-hybridized carbons (Fsp3) is 0.857. The van der Waals surface area contributed by atoms with Crippen LogP contribution in [-0.2, 0) is 9.22 Å². The van der Waals surface area contributed by atoms with Gasteiger partial charge in [-0.1, -0.05) is 52.7 Å². The maximum Gasteiger partial charge on any atom is 0.200 e. The van der Waals surface area contributed by atoms with Crippen LogP contribution in [-0.4, -0.2) is 32.4 Å². The Kier molecular flexibility index (Phi) is 6.72. The lowest BCUT2D eigenvalue weighted by atomic mass is 9.76. The Hall–Kier alpha value is -0.453. The summed E-state index contributed by atoms with van der Waals surface area (Å²) in [5, 5.41) is 10.4. The van der Waals surface area contributed by atoms with Gasteiger partial charge in [-0.05, 0) is 48.7 Å². The van der Waals surface area contributed by atoms with Gasteiger partial charge in [0.25, 0.3) is 0 Å². The highest BCUT2D eigenvalue weighted by molar-refractivity contribution is 6.77. The Labute approximate surface area is 155 Å². The summed E-state index contributed by atoms with van der Waals surface area (Å²) < 4.78 is 6.81. The lowest BCUT2D eigenvalue weighted by molar-refractivity contribution is -0.130. The molecule has 0 bridgehead atoms. The average Bonchev–Trinajstić information content (AvgIpc) is 2.95. The van der Waals surface area contributed by atoms with Gasteiger partial charge < -0.3 is 9.53 Å². The first-order valence-corrected chi connectivity index (χ1v) is 12.4. The molecule has 0 saturated heterocycles. The number of hydrogen-bond donors (Lipinski definition) is 1. The van der Waals surface area contributed by atoms with Crippen LogP contribution < -0.4 is 0 Å². The van der Waals surface area contributed by atoms with Crippen LogP contribution in [0, 0.1) is 5.41 Å². The second-order valence-electron chi connectivity index (χ2n) is 9.06. The van der Waals surface area contributed by atoms with Gasteiger partial charge >= 0.3 is 0 Å². The van der Waals surface area contributed by atoms with E-state index in [4.69, 9.17) is 4.43 Å². The molecule has 25 heavy (non-hydrogen) atoms. The van der Waals surface area contributed by atoms with E-state index in [2.05, 4.69) is 41.5 Å². The van der Waals surface area contributed by atoms with Gasteiger partial charge in [0.15, 0.2) is 8.32 Å². The van der Waals surface area contributed by atoms with Crippen molar-refractivity contribution < 1.29 is 14.3 Å². The largest absolute Gasteiger partial charge is 0.415 e. The number of carbonyl (C=O) groups is 1. The lowest BCUT2D eigenvalue weighted by Gasteiger charge is -2.45. The molecule has 3 nitrogen and oxygen atoms in total. The number of aliphatic hydroxyl groups is 1. The second-order valence-corrected chi connectivity index (χ2v) is 14.5. The summed E-state index contributed by atoms with van der Waals surface area (Å²) in [4.78, 5) is 13.1. The predicted molar refractivity (Wildman–Crippen MR) is 106 cm³/mol. The van der Waals surface area contributed by atoms with Crippen molar-refractivity contribution in [2.24, 2.45) is 5.41 Å². The van der Waals surface area contributed by atoms with Crippen molar-refractivity contribution in [1.82, 2.24) is 0 Å². The molecule has 0 heterocycles. The number of aliphatic hydroxyl groups excluding tert-OH is 1. The van der Waals surface area contributed by atoms with E-state index >= 15 is 0 Å². The fourth-order valence-corrected chi connectivity index (χ4v) is 11.2. The van der Waals surface area contributed by atoms with Crippen molar-refractivity contribution in [3.05, 3.63) is 11.1 Å². The van der Waals surface area contributed by atoms with Crippen LogP contribution in [0.1, 0.15) is 80.1 Å². The Balaban J connectivity index is 2.39. The van der Waals surface area contributed by atoms with E-state index in [1.807, 2.05) is 0 Å². The molecular formula is C21H38O3Si. The number of ketones is 1. The normalized spacial score (nSPS) is 25.3. The van der Waals surface area contributed by atoms with Crippen LogP contribution >= 0.6 is 0 Å². The maximum atomic E-state index is 13.1. The SMILES string of the molecule is CC(C)[Si](OCC1(CO)C(=O)CCCC2=C1CCC2)(C(C)C)C(C)C. The van der Waals surface area contributed by atoms with Crippen molar-refractivity contribution in [2.45, 2.75) is 96.7 Å². The molecule has 2 aliphatic carbocycles. The Morgan fingerprint density at radius 3 is 1.96 bits per heavy atom. The molecule has 1 atom stereocenters. The number of rotatable bonds is 7. The van der Waals surface area contributed by atoms with Crippen molar-refractivity contribution in [3.8, 4) is 0 Å². The summed E-state index contributed by atoms with van der Waals surface area (Å²) in [6.45, 7) is 13.9. The number of carbonyl (C=O) groups excluding carboxylic acids is 1. The molecule has 0 saturated carbocycles. The molecule has 1 N–H and O–H groups in total. The summed E-state index contributed by atoms with van der Waals surface area (Å²) in [7, 11) is -2.05. The molecule has 0 aromatic heterocycles. The van der Waals surface area contributed by atoms with Gasteiger partial charge in [0.1, 0.15) is 5.78 Å². The molecule has 0 spiro atoms. The zero-order chi connectivity index (χ0) is 18.8. The van der Waals surface area contributed by atoms with E-state index in [9.17, 15) is 9.90 Å². The molecule has 0 aromatic carbocycles. The average molecular weight is 367 g/mol. The minimum absolute atomic E-state index is 0.0938. The molecule has 144 valence electrons. The van der Waals surface area contributed by atoms with E-state index in [0.717, 1.165) is 32.1 Å². The van der Waals surface area contributed by atoms with Crippen molar-refractivity contribution in [3.63, 3.8) is 0 Å². The van der Waals surface area contributed by atoms with Crippen LogP contribution in [0.4, 0.5) is 0 Å². The first-order valence-electron chi connectivity index (χ1n) is 10.2. The molecule has 1 unspecified atom stereocenters. The van der Waals surface area contributed by atoms with Gasteiger partial charge in [0.05, 0.1) is 18.6 Å². The van der Waals surface area contributed by atoms with Crippen LogP contribution in [0.25, 0.3) is 0 Å². The molecule has 0 amide bonds. The van der Waals surface area contributed by atoms with Gasteiger partial charge in [0, 0.05) is 6.42 Å². The van der Waals surface area contributed by atoms with E-state index in [-0.39, 0.29) is 12.4 Å². The third-order valence-corrected chi connectivity index (χ3v) is 12.9. The van der Waals surface area contributed by atoms with Gasteiger partial charge in [-0.15, -0.1) is 0 Å². The second kappa shape index (κ2) is 8.06. The molecule has 2 aliphatic rings. The topological polar surface area (TPSA) is 46.5 Å². The molecule has 0 fully saturated rings. The zero-order valence-corrected chi connectivity index (χ0v) is 18.2. The first-order chi connectivity index (χ1) is 11.7. The van der Waals surface area contributed by atoms with E-state index in [0.29, 0.717) is 29.7 Å². The zero-order valence-electron chi connectivity index (χ0n) is 17.2. The van der Waals surface area contributed by atoms with Gasteiger partial charge in [-0.2, -0.15) is 0 Å². The summed E-state index contributed by atoms with van der Waals surface area (Å²) in [6, 6.07) is 0. The highest BCUT2D eigenvalue weighted by Gasteiger charge is 2.50. The molecule has 2 rings (SSSR count). The van der Waals surface area contributed by atoms with Crippen LogP contribution in [0.2, 0.25) is 16.6 Å². The van der Waals surface area contributed by atoms with Crippen molar-refractivity contribution in [1.29, 1.82) is 0 Å². The molecule has 0 radical (unpaired) electrons. The quantitative estimate of drug-likeness (QED) is 0.485. The Bertz CT molecular complexity index is 499. The highest BCUT2D eigenvalue weighted by atomic mass is 28.4. The minimum Gasteiger partial charge on any atom is -0.415 e. The summed E-state index contributed by atoms with van der Waals surface area (Å²) in [5.74, 6) is 0.209. The van der Waals surface area contributed by atoms with Gasteiger partial charge in [-0.3, -0.25) is 4.79 Å². The maximum absolute atomic E-state index is 13.1. The molecule has 0 aromatic rings. The number of Topliss-reactive ketones (excluding diaryl/α,β-unsaturated/α-hetero) is 1. The first kappa shape index (κ1) is 20.9. The summed E-state index contributed by atoms with van der Waals surface area (Å²) in [6.07, 6.45) is 5.73. The number of allylic oxidation sites excluding steroid dienone is 1. The molecular weight excluding hydrogens is 328 g/mol. The van der Waals surface area contributed by atoms with E-state index in [1.54, 1.807) is 0 Å². The summed E-state index contributed by atoms with van der Waals surface area (Å²) >= 11 is 0. The van der Waals surface area contributed by atoms with Gasteiger partial charge in [0.2, 0.25) is 0 Å². The highest BCUT2D eigenvalue weighted by Crippen LogP contribution is 2.48. The number of hydrogen-bond acceptors (Lipinski definition) is 3.